The Morgan fingerprint density at radius 3 is 2.50 bits per heavy atom. The lowest BCUT2D eigenvalue weighted by Gasteiger charge is -2.35. The minimum Gasteiger partial charge on any atom is -0.353 e. The molecule has 20 heavy (non-hydrogen) atoms. The predicted octanol–water partition coefficient (Wildman–Crippen LogP) is 2.55. The van der Waals surface area contributed by atoms with Crippen molar-refractivity contribution in [3.63, 3.8) is 0 Å². The summed E-state index contributed by atoms with van der Waals surface area (Å²) in [6.45, 7) is 12.9. The first-order chi connectivity index (χ1) is 9.54. The molecular formula is C15H26N4S. The van der Waals surface area contributed by atoms with Crippen LogP contribution in [0.25, 0.3) is 0 Å². The third-order valence-electron chi connectivity index (χ3n) is 3.31. The van der Waals surface area contributed by atoms with Crippen LogP contribution < -0.4 is 10.2 Å². The number of hydrogen-bond acceptors (Lipinski definition) is 5. The number of anilines is 1. The minimum absolute atomic E-state index is 0.660. The topological polar surface area (TPSA) is 41.0 Å². The van der Waals surface area contributed by atoms with Gasteiger partial charge >= 0.3 is 0 Å². The molecule has 2 unspecified atom stereocenters. The average molecular weight is 294 g/mol. The van der Waals surface area contributed by atoms with Crippen LogP contribution in [0.1, 0.15) is 33.4 Å². The Morgan fingerprint density at radius 1 is 1.25 bits per heavy atom. The van der Waals surface area contributed by atoms with Crippen LogP contribution in [0.3, 0.4) is 0 Å². The Balaban J connectivity index is 1.90. The van der Waals surface area contributed by atoms with Crippen molar-refractivity contribution < 1.29 is 0 Å². The van der Waals surface area contributed by atoms with Gasteiger partial charge in [-0.2, -0.15) is 16.9 Å². The second kappa shape index (κ2) is 7.27. The van der Waals surface area contributed by atoms with Gasteiger partial charge in [-0.3, -0.25) is 0 Å². The highest BCUT2D eigenvalue weighted by molar-refractivity contribution is 8.00. The minimum atomic E-state index is 0.660. The molecule has 1 fully saturated rings. The van der Waals surface area contributed by atoms with Crippen molar-refractivity contribution in [2.24, 2.45) is 5.92 Å². The molecule has 1 saturated heterocycles. The van der Waals surface area contributed by atoms with Crippen LogP contribution in [0.2, 0.25) is 0 Å². The van der Waals surface area contributed by atoms with Crippen molar-refractivity contribution in [2.75, 3.05) is 24.5 Å². The van der Waals surface area contributed by atoms with Gasteiger partial charge in [-0.15, -0.1) is 5.10 Å². The van der Waals surface area contributed by atoms with Crippen molar-refractivity contribution in [3.8, 4) is 0 Å². The second-order valence-electron chi connectivity index (χ2n) is 6.07. The maximum absolute atomic E-state index is 4.40. The molecule has 112 valence electrons. The van der Waals surface area contributed by atoms with Gasteiger partial charge in [-0.25, -0.2) is 0 Å². The van der Waals surface area contributed by atoms with Crippen molar-refractivity contribution in [1.82, 2.24) is 15.5 Å². The molecule has 5 heteroatoms. The van der Waals surface area contributed by atoms with Crippen LogP contribution in [0, 0.1) is 5.92 Å². The Labute approximate surface area is 126 Å². The fourth-order valence-corrected chi connectivity index (χ4v) is 3.79. The van der Waals surface area contributed by atoms with E-state index in [2.05, 4.69) is 72.0 Å². The second-order valence-corrected chi connectivity index (χ2v) is 7.95. The molecule has 2 rings (SSSR count). The Kier molecular flexibility index (Phi) is 5.66. The number of thioether (sulfide) groups is 1. The molecule has 0 amide bonds. The van der Waals surface area contributed by atoms with Gasteiger partial charge < -0.3 is 10.2 Å². The van der Waals surface area contributed by atoms with Crippen LogP contribution in [-0.2, 0) is 6.54 Å². The first-order valence-electron chi connectivity index (χ1n) is 7.48. The van der Waals surface area contributed by atoms with Gasteiger partial charge in [0.15, 0.2) is 5.82 Å². The fourth-order valence-electron chi connectivity index (χ4n) is 2.47. The smallest absolute Gasteiger partial charge is 0.151 e. The van der Waals surface area contributed by atoms with Gasteiger partial charge in [0.05, 0.1) is 5.69 Å². The molecular weight excluding hydrogens is 268 g/mol. The van der Waals surface area contributed by atoms with Gasteiger partial charge in [-0.05, 0) is 24.6 Å². The van der Waals surface area contributed by atoms with Gasteiger partial charge in [0.1, 0.15) is 0 Å². The van der Waals surface area contributed by atoms with E-state index in [9.17, 15) is 0 Å². The molecule has 4 nitrogen and oxygen atoms in total. The van der Waals surface area contributed by atoms with E-state index in [-0.39, 0.29) is 0 Å². The number of hydrogen-bond donors (Lipinski definition) is 1. The van der Waals surface area contributed by atoms with Crippen molar-refractivity contribution in [2.45, 2.75) is 44.7 Å². The maximum Gasteiger partial charge on any atom is 0.151 e. The van der Waals surface area contributed by atoms with E-state index in [0.29, 0.717) is 16.4 Å². The van der Waals surface area contributed by atoms with Crippen LogP contribution in [0.5, 0.6) is 0 Å². The van der Waals surface area contributed by atoms with E-state index in [1.54, 1.807) is 0 Å². The molecule has 2 heterocycles. The highest BCUT2D eigenvalue weighted by atomic mass is 32.2. The first kappa shape index (κ1) is 15.6. The Morgan fingerprint density at radius 2 is 1.95 bits per heavy atom. The number of nitrogens with zero attached hydrogens (tertiary/aromatic N) is 3. The summed E-state index contributed by atoms with van der Waals surface area (Å²) >= 11 is 2.06. The third kappa shape index (κ3) is 4.63. The quantitative estimate of drug-likeness (QED) is 0.904. The maximum atomic E-state index is 4.40. The average Bonchev–Trinajstić information content (AvgIpc) is 2.38. The lowest BCUT2D eigenvalue weighted by molar-refractivity contribution is 0.546. The number of rotatable bonds is 5. The zero-order valence-corrected chi connectivity index (χ0v) is 13.8. The van der Waals surface area contributed by atoms with Crippen LogP contribution in [0.4, 0.5) is 5.82 Å². The van der Waals surface area contributed by atoms with Gasteiger partial charge in [-0.1, -0.05) is 27.7 Å². The number of aromatic nitrogens is 2. The highest BCUT2D eigenvalue weighted by Crippen LogP contribution is 2.27. The summed E-state index contributed by atoms with van der Waals surface area (Å²) in [5.41, 5.74) is 1.02. The van der Waals surface area contributed by atoms with E-state index >= 15 is 0 Å². The van der Waals surface area contributed by atoms with E-state index < -0.39 is 0 Å². The molecule has 2 atom stereocenters. The van der Waals surface area contributed by atoms with E-state index in [1.807, 2.05) is 0 Å². The fraction of sp³-hybridized carbons (Fsp3) is 0.733. The SMILES string of the molecule is CC(C)CNCc1ccc(N2CC(C)SC(C)C2)nn1. The van der Waals surface area contributed by atoms with E-state index in [1.165, 1.54) is 0 Å². The molecule has 1 aliphatic heterocycles. The van der Waals surface area contributed by atoms with E-state index in [4.69, 9.17) is 0 Å². The van der Waals surface area contributed by atoms with Crippen LogP contribution in [-0.4, -0.2) is 40.3 Å². The number of nitrogens with one attached hydrogen (secondary N) is 1. The summed E-state index contributed by atoms with van der Waals surface area (Å²) in [7, 11) is 0. The van der Waals surface area contributed by atoms with Crippen molar-refractivity contribution >= 4 is 17.6 Å². The van der Waals surface area contributed by atoms with Crippen molar-refractivity contribution in [3.05, 3.63) is 17.8 Å². The highest BCUT2D eigenvalue weighted by Gasteiger charge is 2.23. The lowest BCUT2D eigenvalue weighted by atomic mass is 10.2. The molecule has 1 aromatic rings. The standard InChI is InChI=1S/C15H26N4S/c1-11(2)7-16-8-14-5-6-15(18-17-14)19-9-12(3)20-13(4)10-19/h5-6,11-13,16H,7-10H2,1-4H3. The summed E-state index contributed by atoms with van der Waals surface area (Å²) in [6.07, 6.45) is 0. The zero-order chi connectivity index (χ0) is 14.5. The first-order valence-corrected chi connectivity index (χ1v) is 8.42. The molecule has 0 bridgehead atoms. The van der Waals surface area contributed by atoms with Gasteiger partial charge in [0, 0.05) is 30.1 Å². The molecule has 0 spiro atoms. The van der Waals surface area contributed by atoms with Crippen LogP contribution >= 0.6 is 11.8 Å². The summed E-state index contributed by atoms with van der Waals surface area (Å²) < 4.78 is 0. The monoisotopic (exact) mass is 294 g/mol. The largest absolute Gasteiger partial charge is 0.353 e. The molecule has 0 aliphatic carbocycles. The molecule has 0 radical (unpaired) electrons. The van der Waals surface area contributed by atoms with Gasteiger partial charge in [0.2, 0.25) is 0 Å². The normalized spacial score (nSPS) is 23.4. The summed E-state index contributed by atoms with van der Waals surface area (Å²) in [5, 5.41) is 13.5. The Bertz CT molecular complexity index is 397. The molecule has 1 N–H and O–H groups in total. The third-order valence-corrected chi connectivity index (χ3v) is 4.54. The van der Waals surface area contributed by atoms with Gasteiger partial charge in [0.25, 0.3) is 0 Å². The summed E-state index contributed by atoms with van der Waals surface area (Å²) in [5.74, 6) is 1.67. The summed E-state index contributed by atoms with van der Waals surface area (Å²) in [4.78, 5) is 2.35. The van der Waals surface area contributed by atoms with E-state index in [0.717, 1.165) is 37.7 Å². The lowest BCUT2D eigenvalue weighted by Crippen LogP contribution is -2.41. The molecule has 1 aliphatic rings. The Hall–Kier alpha value is -0.810. The molecule has 1 aromatic heterocycles. The molecule has 0 saturated carbocycles. The predicted molar refractivity (Wildman–Crippen MR) is 87.3 cm³/mol. The molecule has 0 aromatic carbocycles. The zero-order valence-electron chi connectivity index (χ0n) is 13.0. The van der Waals surface area contributed by atoms with Crippen molar-refractivity contribution in [1.29, 1.82) is 0 Å². The van der Waals surface area contributed by atoms with Crippen LogP contribution in [0.15, 0.2) is 12.1 Å². The summed E-state index contributed by atoms with van der Waals surface area (Å²) in [6, 6.07) is 4.20.